The summed E-state index contributed by atoms with van der Waals surface area (Å²) in [5.41, 5.74) is 3.34. The van der Waals surface area contributed by atoms with E-state index in [2.05, 4.69) is 4.99 Å². The van der Waals surface area contributed by atoms with Gasteiger partial charge in [-0.1, -0.05) is 23.2 Å². The van der Waals surface area contributed by atoms with Gasteiger partial charge in [0.05, 0.1) is 0 Å². The van der Waals surface area contributed by atoms with Gasteiger partial charge < -0.3 is 0 Å². The normalized spacial score (nSPS) is 15.5. The van der Waals surface area contributed by atoms with E-state index in [0.717, 1.165) is 47.0 Å². The van der Waals surface area contributed by atoms with Crippen molar-refractivity contribution in [3.8, 4) is 0 Å². The fraction of sp³-hybridized carbons (Fsp3) is 0.417. The molecule has 1 aliphatic rings. The zero-order valence-electron chi connectivity index (χ0n) is 8.69. The molecule has 0 amide bonds. The Morgan fingerprint density at radius 1 is 1.27 bits per heavy atom. The van der Waals surface area contributed by atoms with Crippen LogP contribution in [-0.4, -0.2) is 12.3 Å². The molecule has 0 atom stereocenters. The molecule has 1 heterocycles. The quantitative estimate of drug-likeness (QED) is 0.740. The maximum absolute atomic E-state index is 6.17. The third-order valence-electron chi connectivity index (χ3n) is 2.63. The van der Waals surface area contributed by atoms with E-state index in [4.69, 9.17) is 23.2 Å². The summed E-state index contributed by atoms with van der Waals surface area (Å²) in [7, 11) is 0. The highest BCUT2D eigenvalue weighted by Crippen LogP contribution is 2.28. The average Bonchev–Trinajstić information content (AvgIpc) is 2.63. The molecule has 15 heavy (non-hydrogen) atoms. The zero-order valence-corrected chi connectivity index (χ0v) is 10.2. The minimum atomic E-state index is 0.759. The van der Waals surface area contributed by atoms with Crippen LogP contribution < -0.4 is 0 Å². The van der Waals surface area contributed by atoms with Crippen LogP contribution in [0.25, 0.3) is 0 Å². The van der Waals surface area contributed by atoms with Gasteiger partial charge in [0, 0.05) is 28.7 Å². The van der Waals surface area contributed by atoms with Crippen LogP contribution in [0.4, 0.5) is 0 Å². The second-order valence-corrected chi connectivity index (χ2v) is 4.75. The second kappa shape index (κ2) is 4.54. The second-order valence-electron chi connectivity index (χ2n) is 3.94. The molecule has 0 saturated carbocycles. The Bertz CT molecular complexity index is 387. The SMILES string of the molecule is Cc1cc(Cl)c(CC2=NCCC2)c(Cl)c1. The van der Waals surface area contributed by atoms with Gasteiger partial charge in [-0.05, 0) is 43.0 Å². The summed E-state index contributed by atoms with van der Waals surface area (Å²) in [5.74, 6) is 0. The highest BCUT2D eigenvalue weighted by molar-refractivity contribution is 6.36. The molecule has 0 fully saturated rings. The van der Waals surface area contributed by atoms with Gasteiger partial charge in [0.15, 0.2) is 0 Å². The van der Waals surface area contributed by atoms with Crippen LogP contribution in [-0.2, 0) is 6.42 Å². The van der Waals surface area contributed by atoms with E-state index >= 15 is 0 Å². The molecule has 1 aliphatic heterocycles. The third-order valence-corrected chi connectivity index (χ3v) is 3.30. The molecule has 0 unspecified atom stereocenters. The molecular weight excluding hydrogens is 229 g/mol. The molecule has 0 aliphatic carbocycles. The first kappa shape index (κ1) is 11.0. The van der Waals surface area contributed by atoms with E-state index in [-0.39, 0.29) is 0 Å². The van der Waals surface area contributed by atoms with Crippen molar-refractivity contribution in [3.05, 3.63) is 33.3 Å². The number of benzene rings is 1. The minimum Gasteiger partial charge on any atom is -0.294 e. The standard InChI is InChI=1S/C12H13Cl2N/c1-8-5-11(13)10(12(14)6-8)7-9-3-2-4-15-9/h5-6H,2-4,7H2,1H3. The third kappa shape index (κ3) is 2.53. The summed E-state index contributed by atoms with van der Waals surface area (Å²) < 4.78 is 0. The molecule has 2 rings (SSSR count). The van der Waals surface area contributed by atoms with E-state index in [1.165, 1.54) is 5.71 Å². The molecule has 1 aromatic rings. The first-order valence-corrected chi connectivity index (χ1v) is 5.89. The van der Waals surface area contributed by atoms with Gasteiger partial charge in [0.25, 0.3) is 0 Å². The lowest BCUT2D eigenvalue weighted by Crippen LogP contribution is -2.00. The number of aliphatic imine (C=N–C) groups is 1. The number of rotatable bonds is 2. The van der Waals surface area contributed by atoms with E-state index in [1.54, 1.807) is 0 Å². The molecule has 0 saturated heterocycles. The van der Waals surface area contributed by atoms with Gasteiger partial charge in [-0.25, -0.2) is 0 Å². The molecule has 80 valence electrons. The summed E-state index contributed by atoms with van der Waals surface area (Å²) in [5, 5.41) is 1.52. The molecule has 1 aromatic carbocycles. The Morgan fingerprint density at radius 2 is 1.93 bits per heavy atom. The van der Waals surface area contributed by atoms with Crippen LogP contribution in [0.3, 0.4) is 0 Å². The lowest BCUT2D eigenvalue weighted by atomic mass is 10.0. The Labute approximate surface area is 100 Å². The van der Waals surface area contributed by atoms with Gasteiger partial charge in [-0.3, -0.25) is 4.99 Å². The number of nitrogens with zero attached hydrogens (tertiary/aromatic N) is 1. The molecule has 0 spiro atoms. The molecule has 0 aromatic heterocycles. The lowest BCUT2D eigenvalue weighted by Gasteiger charge is -2.08. The smallest absolute Gasteiger partial charge is 0.0459 e. The summed E-state index contributed by atoms with van der Waals surface area (Å²) in [6.45, 7) is 2.95. The molecule has 1 nitrogen and oxygen atoms in total. The van der Waals surface area contributed by atoms with Crippen molar-refractivity contribution < 1.29 is 0 Å². The van der Waals surface area contributed by atoms with Crippen LogP contribution in [0.15, 0.2) is 17.1 Å². The van der Waals surface area contributed by atoms with Crippen molar-refractivity contribution >= 4 is 28.9 Å². The van der Waals surface area contributed by atoms with E-state index in [0.29, 0.717) is 0 Å². The molecule has 0 bridgehead atoms. The number of hydrogen-bond acceptors (Lipinski definition) is 1. The fourth-order valence-corrected chi connectivity index (χ4v) is 2.58. The van der Waals surface area contributed by atoms with Crippen molar-refractivity contribution in [1.82, 2.24) is 0 Å². The highest BCUT2D eigenvalue weighted by Gasteiger charge is 2.12. The van der Waals surface area contributed by atoms with E-state index in [1.807, 2.05) is 19.1 Å². The highest BCUT2D eigenvalue weighted by atomic mass is 35.5. The molecule has 3 heteroatoms. The van der Waals surface area contributed by atoms with Gasteiger partial charge in [0.2, 0.25) is 0 Å². The van der Waals surface area contributed by atoms with Crippen LogP contribution in [0.5, 0.6) is 0 Å². The first-order chi connectivity index (χ1) is 7.16. The molecular formula is C12H13Cl2N. The van der Waals surface area contributed by atoms with Crippen molar-refractivity contribution in [2.24, 2.45) is 4.99 Å². The maximum Gasteiger partial charge on any atom is 0.0459 e. The van der Waals surface area contributed by atoms with Gasteiger partial charge in [-0.15, -0.1) is 0 Å². The van der Waals surface area contributed by atoms with E-state index in [9.17, 15) is 0 Å². The van der Waals surface area contributed by atoms with E-state index < -0.39 is 0 Å². The summed E-state index contributed by atoms with van der Waals surface area (Å²) in [4.78, 5) is 4.43. The number of hydrogen-bond donors (Lipinski definition) is 0. The molecule has 0 N–H and O–H groups in total. The Balaban J connectivity index is 2.27. The van der Waals surface area contributed by atoms with Crippen molar-refractivity contribution in [3.63, 3.8) is 0 Å². The predicted molar refractivity (Wildman–Crippen MR) is 66.4 cm³/mol. The van der Waals surface area contributed by atoms with Crippen molar-refractivity contribution in [1.29, 1.82) is 0 Å². The average molecular weight is 242 g/mol. The first-order valence-electron chi connectivity index (χ1n) is 5.13. The van der Waals surface area contributed by atoms with Gasteiger partial charge in [-0.2, -0.15) is 0 Å². The topological polar surface area (TPSA) is 12.4 Å². The number of halogens is 2. The summed E-state index contributed by atoms with van der Waals surface area (Å²) >= 11 is 12.3. The number of aryl methyl sites for hydroxylation is 1. The minimum absolute atomic E-state index is 0.759. The largest absolute Gasteiger partial charge is 0.294 e. The van der Waals surface area contributed by atoms with Crippen LogP contribution in [0.2, 0.25) is 10.0 Å². The van der Waals surface area contributed by atoms with Crippen LogP contribution in [0.1, 0.15) is 24.0 Å². The summed E-state index contributed by atoms with van der Waals surface area (Å²) in [6, 6.07) is 3.91. The maximum atomic E-state index is 6.17. The van der Waals surface area contributed by atoms with Crippen molar-refractivity contribution in [2.75, 3.05) is 6.54 Å². The molecule has 0 radical (unpaired) electrons. The van der Waals surface area contributed by atoms with Gasteiger partial charge in [0.1, 0.15) is 0 Å². The fourth-order valence-electron chi connectivity index (χ4n) is 1.85. The van der Waals surface area contributed by atoms with Crippen molar-refractivity contribution in [2.45, 2.75) is 26.2 Å². The van der Waals surface area contributed by atoms with Crippen LogP contribution in [0, 0.1) is 6.92 Å². The Kier molecular flexibility index (Phi) is 3.32. The predicted octanol–water partition coefficient (Wildman–Crippen LogP) is 4.08. The monoisotopic (exact) mass is 241 g/mol. The Morgan fingerprint density at radius 3 is 2.47 bits per heavy atom. The van der Waals surface area contributed by atoms with Crippen LogP contribution >= 0.6 is 23.2 Å². The zero-order chi connectivity index (χ0) is 10.8. The lowest BCUT2D eigenvalue weighted by molar-refractivity contribution is 0.949. The van der Waals surface area contributed by atoms with Gasteiger partial charge >= 0.3 is 0 Å². The Hall–Kier alpha value is -0.530. The summed E-state index contributed by atoms with van der Waals surface area (Å²) in [6.07, 6.45) is 3.05.